The number of unbranched alkanes of at least 4 members (excludes halogenated alkanes) is 1. The highest BCUT2D eigenvalue weighted by Crippen LogP contribution is 2.30. The van der Waals surface area contributed by atoms with Crippen LogP contribution >= 0.6 is 0 Å². The molecule has 0 aliphatic rings. The standard InChI is InChI=1S/C9H16N4O2/c1-3-4-5-15-9-7(14-2)8(13-10)11-6-12-9/h6H,3-5,10H2,1-2H3,(H,11,12,13). The normalized spacial score (nSPS) is 9.80. The van der Waals surface area contributed by atoms with Crippen molar-refractivity contribution in [3.63, 3.8) is 0 Å². The molecule has 3 N–H and O–H groups in total. The summed E-state index contributed by atoms with van der Waals surface area (Å²) in [7, 11) is 1.52. The highest BCUT2D eigenvalue weighted by atomic mass is 16.5. The average Bonchev–Trinajstić information content (AvgIpc) is 2.29. The minimum atomic E-state index is 0.411. The Balaban J connectivity index is 2.76. The van der Waals surface area contributed by atoms with E-state index in [9.17, 15) is 0 Å². The Bertz CT molecular complexity index is 306. The predicted octanol–water partition coefficient (Wildman–Crippen LogP) is 0.950. The second-order valence-corrected chi connectivity index (χ2v) is 2.91. The molecule has 0 radical (unpaired) electrons. The second-order valence-electron chi connectivity index (χ2n) is 2.91. The van der Waals surface area contributed by atoms with Crippen LogP contribution < -0.4 is 20.7 Å². The van der Waals surface area contributed by atoms with Gasteiger partial charge in [-0.15, -0.1) is 0 Å². The van der Waals surface area contributed by atoms with Crippen molar-refractivity contribution in [2.24, 2.45) is 5.84 Å². The Labute approximate surface area is 88.8 Å². The van der Waals surface area contributed by atoms with Crippen LogP contribution in [0, 0.1) is 0 Å². The third-order valence-electron chi connectivity index (χ3n) is 1.85. The zero-order valence-corrected chi connectivity index (χ0v) is 8.99. The third-order valence-corrected chi connectivity index (χ3v) is 1.85. The molecule has 1 aromatic rings. The Kier molecular flexibility index (Phi) is 4.62. The number of nitrogens with zero attached hydrogens (tertiary/aromatic N) is 2. The Morgan fingerprint density at radius 3 is 2.87 bits per heavy atom. The van der Waals surface area contributed by atoms with Crippen LogP contribution in [0.3, 0.4) is 0 Å². The van der Waals surface area contributed by atoms with Crippen LogP contribution in [0.1, 0.15) is 19.8 Å². The summed E-state index contributed by atoms with van der Waals surface area (Å²) in [5.74, 6) is 6.53. The number of aromatic nitrogens is 2. The molecule has 0 fully saturated rings. The Hall–Kier alpha value is -1.56. The van der Waals surface area contributed by atoms with Gasteiger partial charge >= 0.3 is 0 Å². The van der Waals surface area contributed by atoms with E-state index < -0.39 is 0 Å². The maximum absolute atomic E-state index is 5.44. The fraction of sp³-hybridized carbons (Fsp3) is 0.556. The van der Waals surface area contributed by atoms with Crippen molar-refractivity contribution in [3.8, 4) is 11.6 Å². The van der Waals surface area contributed by atoms with Crippen molar-refractivity contribution >= 4 is 5.82 Å². The lowest BCUT2D eigenvalue weighted by Crippen LogP contribution is -2.11. The van der Waals surface area contributed by atoms with Crippen LogP contribution in [0.4, 0.5) is 5.82 Å². The number of nitrogens with two attached hydrogens (primary N) is 1. The van der Waals surface area contributed by atoms with Gasteiger partial charge < -0.3 is 14.9 Å². The molecule has 1 heterocycles. The lowest BCUT2D eigenvalue weighted by atomic mass is 10.4. The minimum Gasteiger partial charge on any atom is -0.489 e. The lowest BCUT2D eigenvalue weighted by molar-refractivity contribution is 0.276. The zero-order chi connectivity index (χ0) is 11.1. The first-order valence-electron chi connectivity index (χ1n) is 4.81. The summed E-state index contributed by atoms with van der Waals surface area (Å²) in [6.07, 6.45) is 3.41. The van der Waals surface area contributed by atoms with Gasteiger partial charge in [0.15, 0.2) is 5.82 Å². The molecule has 84 valence electrons. The van der Waals surface area contributed by atoms with E-state index in [4.69, 9.17) is 15.3 Å². The molecule has 0 bridgehead atoms. The smallest absolute Gasteiger partial charge is 0.262 e. The molecule has 0 unspecified atom stereocenters. The van der Waals surface area contributed by atoms with Crippen molar-refractivity contribution in [1.82, 2.24) is 9.97 Å². The van der Waals surface area contributed by atoms with E-state index in [2.05, 4.69) is 22.3 Å². The lowest BCUT2D eigenvalue weighted by Gasteiger charge is -2.11. The summed E-state index contributed by atoms with van der Waals surface area (Å²) in [6.45, 7) is 2.70. The summed E-state index contributed by atoms with van der Waals surface area (Å²) in [4.78, 5) is 7.88. The molecule has 6 nitrogen and oxygen atoms in total. The number of hydrogen-bond donors (Lipinski definition) is 2. The third kappa shape index (κ3) is 2.95. The molecule has 0 saturated heterocycles. The van der Waals surface area contributed by atoms with E-state index in [-0.39, 0.29) is 0 Å². The fourth-order valence-corrected chi connectivity index (χ4v) is 1.06. The molecule has 0 aliphatic carbocycles. The van der Waals surface area contributed by atoms with Crippen LogP contribution in [-0.2, 0) is 0 Å². The number of hydrogen-bond acceptors (Lipinski definition) is 6. The van der Waals surface area contributed by atoms with Crippen molar-refractivity contribution in [2.75, 3.05) is 19.1 Å². The number of methoxy groups -OCH3 is 1. The largest absolute Gasteiger partial charge is 0.489 e. The number of hydrazine groups is 1. The minimum absolute atomic E-state index is 0.411. The number of ether oxygens (including phenoxy) is 2. The molecule has 1 aromatic heterocycles. The van der Waals surface area contributed by atoms with Crippen LogP contribution in [-0.4, -0.2) is 23.7 Å². The van der Waals surface area contributed by atoms with Gasteiger partial charge in [0, 0.05) is 0 Å². The van der Waals surface area contributed by atoms with Gasteiger partial charge in [-0.2, -0.15) is 4.98 Å². The highest BCUT2D eigenvalue weighted by molar-refractivity contribution is 5.54. The van der Waals surface area contributed by atoms with E-state index in [0.717, 1.165) is 12.8 Å². The first kappa shape index (κ1) is 11.5. The van der Waals surface area contributed by atoms with E-state index >= 15 is 0 Å². The van der Waals surface area contributed by atoms with Gasteiger partial charge in [-0.05, 0) is 6.42 Å². The summed E-state index contributed by atoms with van der Waals surface area (Å²) in [5, 5.41) is 0. The van der Waals surface area contributed by atoms with E-state index in [1.54, 1.807) is 0 Å². The van der Waals surface area contributed by atoms with Gasteiger partial charge in [0.2, 0.25) is 5.75 Å². The van der Waals surface area contributed by atoms with Crippen LogP contribution in [0.2, 0.25) is 0 Å². The molecular formula is C9H16N4O2. The predicted molar refractivity (Wildman–Crippen MR) is 56.8 cm³/mol. The Morgan fingerprint density at radius 1 is 1.47 bits per heavy atom. The van der Waals surface area contributed by atoms with Crippen molar-refractivity contribution in [2.45, 2.75) is 19.8 Å². The highest BCUT2D eigenvalue weighted by Gasteiger charge is 2.11. The summed E-state index contributed by atoms with van der Waals surface area (Å²) < 4.78 is 10.5. The molecule has 0 amide bonds. The summed E-state index contributed by atoms with van der Waals surface area (Å²) >= 11 is 0. The van der Waals surface area contributed by atoms with Crippen LogP contribution in [0.5, 0.6) is 11.6 Å². The Morgan fingerprint density at radius 2 is 2.27 bits per heavy atom. The van der Waals surface area contributed by atoms with Crippen LogP contribution in [0.25, 0.3) is 0 Å². The molecule has 1 rings (SSSR count). The number of nitrogens with one attached hydrogen (secondary N) is 1. The van der Waals surface area contributed by atoms with E-state index in [0.29, 0.717) is 24.1 Å². The van der Waals surface area contributed by atoms with Gasteiger partial charge in [0.05, 0.1) is 13.7 Å². The molecule has 0 aromatic carbocycles. The van der Waals surface area contributed by atoms with Gasteiger partial charge in [-0.25, -0.2) is 10.8 Å². The van der Waals surface area contributed by atoms with Gasteiger partial charge in [-0.3, -0.25) is 0 Å². The van der Waals surface area contributed by atoms with Crippen LogP contribution in [0.15, 0.2) is 6.33 Å². The number of anilines is 1. The summed E-state index contributed by atoms with van der Waals surface area (Å²) in [6, 6.07) is 0. The van der Waals surface area contributed by atoms with Gasteiger partial charge in [-0.1, -0.05) is 13.3 Å². The molecule has 0 spiro atoms. The second kappa shape index (κ2) is 6.02. The molecule has 0 aliphatic heterocycles. The summed E-state index contributed by atoms with van der Waals surface area (Å²) in [5.41, 5.74) is 2.42. The van der Waals surface area contributed by atoms with Gasteiger partial charge in [0.25, 0.3) is 5.88 Å². The molecule has 0 saturated carbocycles. The van der Waals surface area contributed by atoms with Gasteiger partial charge in [0.1, 0.15) is 6.33 Å². The molecule has 15 heavy (non-hydrogen) atoms. The molecular weight excluding hydrogens is 196 g/mol. The van der Waals surface area contributed by atoms with E-state index in [1.165, 1.54) is 13.4 Å². The zero-order valence-electron chi connectivity index (χ0n) is 8.99. The average molecular weight is 212 g/mol. The number of rotatable bonds is 6. The molecule has 6 heteroatoms. The van der Waals surface area contributed by atoms with Crippen molar-refractivity contribution < 1.29 is 9.47 Å². The molecule has 0 atom stereocenters. The monoisotopic (exact) mass is 212 g/mol. The first-order valence-corrected chi connectivity index (χ1v) is 4.81. The van der Waals surface area contributed by atoms with Crippen molar-refractivity contribution in [1.29, 1.82) is 0 Å². The maximum atomic E-state index is 5.44. The quantitative estimate of drug-likeness (QED) is 0.415. The topological polar surface area (TPSA) is 82.3 Å². The van der Waals surface area contributed by atoms with E-state index in [1.807, 2.05) is 0 Å². The first-order chi connectivity index (χ1) is 7.33. The van der Waals surface area contributed by atoms with Crippen molar-refractivity contribution in [3.05, 3.63) is 6.33 Å². The number of nitrogen functional groups attached to an aromatic ring is 1. The fourth-order valence-electron chi connectivity index (χ4n) is 1.06. The SMILES string of the molecule is CCCCOc1ncnc(NN)c1OC. The maximum Gasteiger partial charge on any atom is 0.262 e.